The average Bonchev–Trinajstić information content (AvgIpc) is 2.53. The van der Waals surface area contributed by atoms with Gasteiger partial charge in [-0.3, -0.25) is 4.79 Å². The molecule has 0 fully saturated rings. The minimum absolute atomic E-state index is 0.145. The summed E-state index contributed by atoms with van der Waals surface area (Å²) in [5.74, 6) is -1.01. The molecule has 6 heteroatoms. The molecule has 5 nitrogen and oxygen atoms in total. The van der Waals surface area contributed by atoms with E-state index < -0.39 is 12.6 Å². The predicted molar refractivity (Wildman–Crippen MR) is 91.1 cm³/mol. The standard InChI is InChI=1S/C17H11IO5/c18-13-6-11(22-9-15(19)20)7-14-16(13)17(21)12(8-23-14)10-4-2-1-3-5-10/h1-8H,9H2,(H,19,20)/p-1. The summed E-state index contributed by atoms with van der Waals surface area (Å²) in [6.07, 6.45) is 1.40. The average molecular weight is 421 g/mol. The van der Waals surface area contributed by atoms with Gasteiger partial charge in [0.15, 0.2) is 0 Å². The highest BCUT2D eigenvalue weighted by atomic mass is 127. The molecule has 116 valence electrons. The third-order valence-electron chi connectivity index (χ3n) is 3.24. The fourth-order valence-electron chi connectivity index (χ4n) is 2.22. The van der Waals surface area contributed by atoms with Crippen LogP contribution in [0, 0.1) is 3.57 Å². The molecule has 0 aliphatic rings. The highest BCUT2D eigenvalue weighted by molar-refractivity contribution is 14.1. The second kappa shape index (κ2) is 6.41. The molecule has 23 heavy (non-hydrogen) atoms. The molecular weight excluding hydrogens is 411 g/mol. The van der Waals surface area contributed by atoms with Crippen LogP contribution >= 0.6 is 22.6 Å². The Bertz CT molecular complexity index is 931. The van der Waals surface area contributed by atoms with Crippen molar-refractivity contribution in [3.63, 3.8) is 0 Å². The van der Waals surface area contributed by atoms with Gasteiger partial charge in [-0.1, -0.05) is 30.3 Å². The van der Waals surface area contributed by atoms with Crippen LogP contribution in [0.4, 0.5) is 0 Å². The first-order valence-electron chi connectivity index (χ1n) is 6.69. The van der Waals surface area contributed by atoms with Crippen LogP contribution in [0.2, 0.25) is 0 Å². The summed E-state index contributed by atoms with van der Waals surface area (Å²) in [5, 5.41) is 10.9. The van der Waals surface area contributed by atoms with Gasteiger partial charge in [0.2, 0.25) is 5.43 Å². The number of benzene rings is 2. The number of carboxylic acids is 1. The van der Waals surface area contributed by atoms with Gasteiger partial charge in [0.05, 0.1) is 16.9 Å². The monoisotopic (exact) mass is 421 g/mol. The van der Waals surface area contributed by atoms with E-state index in [1.54, 1.807) is 6.07 Å². The van der Waals surface area contributed by atoms with E-state index in [9.17, 15) is 14.7 Å². The Kier molecular flexibility index (Phi) is 4.33. The van der Waals surface area contributed by atoms with Crippen LogP contribution in [0.1, 0.15) is 0 Å². The summed E-state index contributed by atoms with van der Waals surface area (Å²) in [6, 6.07) is 12.3. The molecule has 0 N–H and O–H groups in total. The number of ether oxygens (including phenoxy) is 1. The maximum Gasteiger partial charge on any atom is 0.201 e. The molecule has 0 aliphatic carbocycles. The van der Waals surface area contributed by atoms with Gasteiger partial charge in [-0.25, -0.2) is 0 Å². The Balaban J connectivity index is 2.12. The summed E-state index contributed by atoms with van der Waals surface area (Å²) in [4.78, 5) is 23.2. The molecule has 0 atom stereocenters. The first-order chi connectivity index (χ1) is 11.1. The van der Waals surface area contributed by atoms with E-state index in [2.05, 4.69) is 0 Å². The highest BCUT2D eigenvalue weighted by Gasteiger charge is 2.13. The van der Waals surface area contributed by atoms with Crippen LogP contribution in [0.5, 0.6) is 5.75 Å². The van der Waals surface area contributed by atoms with Crippen molar-refractivity contribution in [3.8, 4) is 16.9 Å². The molecule has 0 unspecified atom stereocenters. The number of carbonyl (C=O) groups excluding carboxylic acids is 1. The zero-order chi connectivity index (χ0) is 16.4. The van der Waals surface area contributed by atoms with Crippen LogP contribution in [-0.2, 0) is 4.79 Å². The van der Waals surface area contributed by atoms with Crippen molar-refractivity contribution >= 4 is 39.5 Å². The number of carbonyl (C=O) groups is 1. The molecular formula is C17H10IO5-. The van der Waals surface area contributed by atoms with Gasteiger partial charge in [-0.15, -0.1) is 0 Å². The maximum atomic E-state index is 12.7. The van der Waals surface area contributed by atoms with Crippen LogP contribution in [0.25, 0.3) is 22.1 Å². The third-order valence-corrected chi connectivity index (χ3v) is 4.10. The Morgan fingerprint density at radius 2 is 1.96 bits per heavy atom. The van der Waals surface area contributed by atoms with Gasteiger partial charge < -0.3 is 19.1 Å². The van der Waals surface area contributed by atoms with E-state index in [1.807, 2.05) is 52.9 Å². The lowest BCUT2D eigenvalue weighted by atomic mass is 10.1. The summed E-state index contributed by atoms with van der Waals surface area (Å²) in [6.45, 7) is -0.562. The van der Waals surface area contributed by atoms with Crippen molar-refractivity contribution in [1.82, 2.24) is 0 Å². The lowest BCUT2D eigenvalue weighted by Crippen LogP contribution is -2.28. The van der Waals surface area contributed by atoms with E-state index >= 15 is 0 Å². The number of aliphatic carboxylic acids is 1. The van der Waals surface area contributed by atoms with E-state index in [-0.39, 0.29) is 5.43 Å². The van der Waals surface area contributed by atoms with Gasteiger partial charge in [-0.05, 0) is 34.2 Å². The summed E-state index contributed by atoms with van der Waals surface area (Å²) < 4.78 is 11.3. The Morgan fingerprint density at radius 1 is 1.22 bits per heavy atom. The summed E-state index contributed by atoms with van der Waals surface area (Å²) in [7, 11) is 0. The number of carboxylic acid groups (broad SMARTS) is 1. The van der Waals surface area contributed by atoms with E-state index in [0.29, 0.717) is 25.9 Å². The largest absolute Gasteiger partial charge is 0.546 e. The summed E-state index contributed by atoms with van der Waals surface area (Å²) >= 11 is 2.00. The van der Waals surface area contributed by atoms with Crippen LogP contribution < -0.4 is 15.3 Å². The molecule has 1 aromatic heterocycles. The second-order valence-corrected chi connectivity index (χ2v) is 5.95. The fraction of sp³-hybridized carbons (Fsp3) is 0.0588. The molecule has 3 rings (SSSR count). The SMILES string of the molecule is O=C([O-])COc1cc(I)c2c(=O)c(-c3ccccc3)coc2c1. The van der Waals surface area contributed by atoms with Crippen molar-refractivity contribution in [2.45, 2.75) is 0 Å². The fourth-order valence-corrected chi connectivity index (χ4v) is 3.04. The molecule has 0 bridgehead atoms. The first kappa shape index (κ1) is 15.5. The van der Waals surface area contributed by atoms with Crippen LogP contribution in [0.3, 0.4) is 0 Å². The normalized spacial score (nSPS) is 10.7. The third kappa shape index (κ3) is 3.21. The molecule has 2 aromatic carbocycles. The number of hydrogen-bond acceptors (Lipinski definition) is 5. The number of fused-ring (bicyclic) bond motifs is 1. The van der Waals surface area contributed by atoms with Crippen molar-refractivity contribution < 1.29 is 19.1 Å². The number of halogens is 1. The number of hydrogen-bond donors (Lipinski definition) is 0. The zero-order valence-electron chi connectivity index (χ0n) is 11.7. The van der Waals surface area contributed by atoms with Gasteiger partial charge in [0.25, 0.3) is 0 Å². The van der Waals surface area contributed by atoms with Crippen LogP contribution in [-0.4, -0.2) is 12.6 Å². The highest BCUT2D eigenvalue weighted by Crippen LogP contribution is 2.27. The molecule has 0 aliphatic heterocycles. The smallest absolute Gasteiger partial charge is 0.201 e. The topological polar surface area (TPSA) is 79.6 Å². The summed E-state index contributed by atoms with van der Waals surface area (Å²) in [5.41, 5.74) is 1.44. The van der Waals surface area contributed by atoms with Crippen molar-refractivity contribution in [1.29, 1.82) is 0 Å². The minimum atomic E-state index is -1.32. The quantitative estimate of drug-likeness (QED) is 0.604. The predicted octanol–water partition coefficient (Wildman–Crippen LogP) is 2.19. The maximum absolute atomic E-state index is 12.7. The van der Waals surface area contributed by atoms with E-state index in [1.165, 1.54) is 12.3 Å². The molecule has 0 radical (unpaired) electrons. The Hall–Kier alpha value is -2.35. The van der Waals surface area contributed by atoms with Crippen LogP contribution in [0.15, 0.2) is 57.9 Å². The first-order valence-corrected chi connectivity index (χ1v) is 7.77. The molecule has 0 saturated carbocycles. The van der Waals surface area contributed by atoms with Gasteiger partial charge >= 0.3 is 0 Å². The lowest BCUT2D eigenvalue weighted by molar-refractivity contribution is -0.307. The molecule has 1 heterocycles. The van der Waals surface area contributed by atoms with Gasteiger partial charge in [0.1, 0.15) is 24.2 Å². The number of rotatable bonds is 4. The van der Waals surface area contributed by atoms with Crippen molar-refractivity contribution in [2.24, 2.45) is 0 Å². The second-order valence-electron chi connectivity index (χ2n) is 4.78. The van der Waals surface area contributed by atoms with Gasteiger partial charge in [0, 0.05) is 9.64 Å². The molecule has 0 spiro atoms. The zero-order valence-corrected chi connectivity index (χ0v) is 13.9. The Labute approximate surface area is 144 Å². The van der Waals surface area contributed by atoms with Gasteiger partial charge in [-0.2, -0.15) is 0 Å². The van der Waals surface area contributed by atoms with Crippen molar-refractivity contribution in [3.05, 3.63) is 62.5 Å². The minimum Gasteiger partial charge on any atom is -0.546 e. The van der Waals surface area contributed by atoms with E-state index in [4.69, 9.17) is 9.15 Å². The Morgan fingerprint density at radius 3 is 2.65 bits per heavy atom. The lowest BCUT2D eigenvalue weighted by Gasteiger charge is -2.09. The molecule has 0 amide bonds. The van der Waals surface area contributed by atoms with Crippen molar-refractivity contribution in [2.75, 3.05) is 6.61 Å². The molecule has 3 aromatic rings. The van der Waals surface area contributed by atoms with E-state index in [0.717, 1.165) is 5.56 Å². The molecule has 0 saturated heterocycles.